The molecule has 0 aromatic heterocycles. The summed E-state index contributed by atoms with van der Waals surface area (Å²) in [5, 5.41) is -0.737. The number of nitrogens with zero attached hydrogens (tertiary/aromatic N) is 1. The van der Waals surface area contributed by atoms with Gasteiger partial charge in [-0.15, -0.1) is 0 Å². The van der Waals surface area contributed by atoms with E-state index in [-0.39, 0.29) is 51.4 Å². The Hall–Kier alpha value is 0.726. The Kier molecular flexibility index (Phi) is 7.75. The maximum absolute atomic E-state index is 11.2. The van der Waals surface area contributed by atoms with E-state index in [1.54, 1.807) is 0 Å². The van der Waals surface area contributed by atoms with Crippen LogP contribution in [0.5, 0.6) is 0 Å². The number of rotatable bonds is 4. The second-order valence-corrected chi connectivity index (χ2v) is 8.37. The Bertz CT molecular complexity index is 597. The first-order chi connectivity index (χ1) is 10.5. The number of hydrogen-bond acceptors (Lipinski definition) is 4. The van der Waals surface area contributed by atoms with E-state index in [4.69, 9.17) is 0 Å². The van der Waals surface area contributed by atoms with Gasteiger partial charge in [0.05, 0.1) is 15.4 Å². The molecule has 3 rings (SSSR count). The molecule has 6 heteroatoms. The van der Waals surface area contributed by atoms with Crippen molar-refractivity contribution in [3.05, 3.63) is 35.4 Å². The zero-order valence-electron chi connectivity index (χ0n) is 13.9. The summed E-state index contributed by atoms with van der Waals surface area (Å²) >= 11 is 0. The molecule has 0 radical (unpaired) electrons. The number of piperidine rings is 1. The van der Waals surface area contributed by atoms with Gasteiger partial charge >= 0.3 is 51.4 Å². The molecule has 0 amide bonds. The van der Waals surface area contributed by atoms with Gasteiger partial charge < -0.3 is 4.55 Å². The molecule has 1 saturated heterocycles. The van der Waals surface area contributed by atoms with Crippen LogP contribution in [0.25, 0.3) is 0 Å². The molecule has 122 valence electrons. The van der Waals surface area contributed by atoms with Crippen LogP contribution in [-0.4, -0.2) is 36.2 Å². The smallest absolute Gasteiger partial charge is 0.748 e. The molecule has 0 spiro atoms. The summed E-state index contributed by atoms with van der Waals surface area (Å²) in [6.45, 7) is 1.98. The molecule has 1 atom stereocenters. The average Bonchev–Trinajstić information content (AvgIpc) is 3.02. The van der Waals surface area contributed by atoms with Gasteiger partial charge in [0, 0.05) is 13.1 Å². The second-order valence-electron chi connectivity index (χ2n) is 6.72. The van der Waals surface area contributed by atoms with E-state index in [1.807, 2.05) is 0 Å². The molecule has 0 bridgehead atoms. The van der Waals surface area contributed by atoms with Gasteiger partial charge in [0.2, 0.25) is 0 Å². The molecule has 1 saturated carbocycles. The Morgan fingerprint density at radius 2 is 1.70 bits per heavy atom. The van der Waals surface area contributed by atoms with Crippen LogP contribution in [0.1, 0.15) is 55.6 Å². The Morgan fingerprint density at radius 1 is 1.04 bits per heavy atom. The monoisotopic (exact) mass is 361 g/mol. The van der Waals surface area contributed by atoms with E-state index in [0.717, 1.165) is 25.4 Å². The van der Waals surface area contributed by atoms with Gasteiger partial charge in [0.15, 0.2) is 0 Å². The van der Waals surface area contributed by atoms with Crippen LogP contribution in [0, 0.1) is 0 Å². The molecular formula is C17H24KNO3S. The normalized spacial score (nSPS) is 23.6. The molecular weight excluding hydrogens is 337 g/mol. The fourth-order valence-electron chi connectivity index (χ4n) is 3.80. The van der Waals surface area contributed by atoms with Crippen LogP contribution in [0.4, 0.5) is 0 Å². The Balaban J connectivity index is 0.00000192. The minimum Gasteiger partial charge on any atom is -0.748 e. The van der Waals surface area contributed by atoms with Gasteiger partial charge in [-0.3, -0.25) is 4.90 Å². The van der Waals surface area contributed by atoms with Crippen molar-refractivity contribution in [1.82, 2.24) is 4.90 Å². The van der Waals surface area contributed by atoms with E-state index in [0.29, 0.717) is 13.0 Å². The summed E-state index contributed by atoms with van der Waals surface area (Å²) in [5.74, 6) is 0.721. The fraction of sp³-hybridized carbons (Fsp3) is 0.647. The minimum atomic E-state index is -4.16. The van der Waals surface area contributed by atoms with Crippen molar-refractivity contribution in [3.8, 4) is 0 Å². The van der Waals surface area contributed by atoms with Crippen LogP contribution < -0.4 is 51.4 Å². The topological polar surface area (TPSA) is 60.4 Å². The zero-order valence-corrected chi connectivity index (χ0v) is 17.8. The van der Waals surface area contributed by atoms with E-state index in [1.165, 1.54) is 36.8 Å². The first kappa shape index (κ1) is 20.0. The number of hydrogen-bond donors (Lipinski definition) is 0. The third-order valence-corrected chi connectivity index (χ3v) is 6.28. The van der Waals surface area contributed by atoms with Crippen molar-refractivity contribution >= 4 is 10.1 Å². The van der Waals surface area contributed by atoms with Crippen LogP contribution in [0.15, 0.2) is 24.3 Å². The molecule has 4 nitrogen and oxygen atoms in total. The number of benzene rings is 1. The van der Waals surface area contributed by atoms with Crippen LogP contribution in [0.2, 0.25) is 0 Å². The van der Waals surface area contributed by atoms with Crippen LogP contribution >= 0.6 is 0 Å². The second kappa shape index (κ2) is 8.90. The van der Waals surface area contributed by atoms with Crippen molar-refractivity contribution in [2.75, 3.05) is 13.1 Å². The maximum atomic E-state index is 11.2. The minimum absolute atomic E-state index is 0. The third kappa shape index (κ3) is 5.61. The fourth-order valence-corrected chi connectivity index (χ4v) is 4.65. The van der Waals surface area contributed by atoms with Gasteiger partial charge in [-0.2, -0.15) is 0 Å². The molecule has 1 aliphatic carbocycles. The van der Waals surface area contributed by atoms with E-state index < -0.39 is 15.4 Å². The van der Waals surface area contributed by atoms with Gasteiger partial charge in [-0.25, -0.2) is 8.42 Å². The first-order valence-corrected chi connectivity index (χ1v) is 9.75. The average molecular weight is 362 g/mol. The summed E-state index contributed by atoms with van der Waals surface area (Å²) < 4.78 is 33.6. The third-order valence-electron chi connectivity index (χ3n) is 5.08. The van der Waals surface area contributed by atoms with Gasteiger partial charge in [0.1, 0.15) is 0 Å². The molecule has 1 unspecified atom stereocenters. The van der Waals surface area contributed by atoms with Crippen molar-refractivity contribution < 1.29 is 64.4 Å². The summed E-state index contributed by atoms with van der Waals surface area (Å²) in [4.78, 5) is 2.09. The summed E-state index contributed by atoms with van der Waals surface area (Å²) in [6, 6.07) is 8.75. The molecule has 1 aliphatic heterocycles. The molecule has 1 aromatic rings. The van der Waals surface area contributed by atoms with Gasteiger partial charge in [0.25, 0.3) is 0 Å². The Labute approximate surface area is 182 Å². The van der Waals surface area contributed by atoms with Crippen molar-refractivity contribution in [3.63, 3.8) is 0 Å². The standard InChI is InChI=1S/C17H25NO3S.K/c19-22(20,21)17-6-3-11-18(13-17)12-14-7-9-16(10-8-14)15-4-1-2-5-15;/h7-10,15,17H,1-6,11-13H2,(H,19,20,21);/q;+1/p-1. The molecule has 0 N–H and O–H groups in total. The van der Waals surface area contributed by atoms with Crippen LogP contribution in [-0.2, 0) is 16.7 Å². The van der Waals surface area contributed by atoms with Gasteiger partial charge in [-0.1, -0.05) is 37.1 Å². The van der Waals surface area contributed by atoms with E-state index in [9.17, 15) is 13.0 Å². The molecule has 2 fully saturated rings. The van der Waals surface area contributed by atoms with Crippen LogP contribution in [0.3, 0.4) is 0 Å². The molecule has 1 aromatic carbocycles. The van der Waals surface area contributed by atoms with Crippen molar-refractivity contribution in [2.45, 2.75) is 56.2 Å². The van der Waals surface area contributed by atoms with Crippen molar-refractivity contribution in [1.29, 1.82) is 0 Å². The number of likely N-dealkylation sites (tertiary alicyclic amines) is 1. The molecule has 1 heterocycles. The largest absolute Gasteiger partial charge is 1.00 e. The van der Waals surface area contributed by atoms with Gasteiger partial charge in [-0.05, 0) is 49.3 Å². The Morgan fingerprint density at radius 3 is 2.30 bits per heavy atom. The SMILES string of the molecule is O=S(=O)([O-])C1CCCN(Cc2ccc(C3CCCC3)cc2)C1.[K+]. The first-order valence-electron chi connectivity index (χ1n) is 8.28. The summed E-state index contributed by atoms with van der Waals surface area (Å²) in [5.41, 5.74) is 2.63. The maximum Gasteiger partial charge on any atom is 1.00 e. The zero-order chi connectivity index (χ0) is 15.6. The molecule has 23 heavy (non-hydrogen) atoms. The predicted octanol–water partition coefficient (Wildman–Crippen LogP) is -0.142. The quantitative estimate of drug-likeness (QED) is 0.553. The summed E-state index contributed by atoms with van der Waals surface area (Å²) in [7, 11) is -4.16. The molecule has 2 aliphatic rings. The van der Waals surface area contributed by atoms with E-state index in [2.05, 4.69) is 29.2 Å². The van der Waals surface area contributed by atoms with E-state index >= 15 is 0 Å². The summed E-state index contributed by atoms with van der Waals surface area (Å²) in [6.07, 6.45) is 6.56. The van der Waals surface area contributed by atoms with Crippen molar-refractivity contribution in [2.24, 2.45) is 0 Å². The predicted molar refractivity (Wildman–Crippen MR) is 85.6 cm³/mol.